The minimum absolute atomic E-state index is 0.0410. The molecule has 1 aromatic carbocycles. The van der Waals surface area contributed by atoms with Crippen LogP contribution in [0.5, 0.6) is 5.75 Å². The van der Waals surface area contributed by atoms with E-state index >= 15 is 0 Å². The van der Waals surface area contributed by atoms with Crippen LogP contribution >= 0.6 is 0 Å². The molecule has 0 unspecified atom stereocenters. The van der Waals surface area contributed by atoms with Crippen molar-refractivity contribution in [3.63, 3.8) is 0 Å². The van der Waals surface area contributed by atoms with Gasteiger partial charge in [0.05, 0.1) is 12.0 Å². The number of carbonyl (C=O) groups is 1. The number of methoxy groups -OCH3 is 1. The molecular formula is C17H28N4O5S. The summed E-state index contributed by atoms with van der Waals surface area (Å²) in [5, 5.41) is 8.70. The first-order valence-corrected chi connectivity index (χ1v) is 9.86. The number of nitrogens with two attached hydrogens (primary N) is 2. The number of benzene rings is 1. The number of hydrogen-bond acceptors (Lipinski definition) is 6. The van der Waals surface area contributed by atoms with Gasteiger partial charge >= 0.3 is 5.97 Å². The fourth-order valence-corrected chi connectivity index (χ4v) is 3.28. The second-order valence-corrected chi connectivity index (χ2v) is 8.75. The smallest absolute Gasteiger partial charge is 0.320 e. The summed E-state index contributed by atoms with van der Waals surface area (Å²) >= 11 is 0. The Morgan fingerprint density at radius 3 is 2.52 bits per heavy atom. The lowest BCUT2D eigenvalue weighted by Crippen LogP contribution is -2.37. The fraction of sp³-hybridized carbons (Fsp3) is 0.529. The topological polar surface area (TPSA) is 157 Å². The van der Waals surface area contributed by atoms with Crippen LogP contribution in [0, 0.1) is 0 Å². The predicted molar refractivity (Wildman–Crippen MR) is 103 cm³/mol. The van der Waals surface area contributed by atoms with E-state index in [0.29, 0.717) is 12.2 Å². The first kappa shape index (κ1) is 22.7. The predicted octanol–water partition coefficient (Wildman–Crippen LogP) is 0.778. The second-order valence-electron chi connectivity index (χ2n) is 7.07. The maximum atomic E-state index is 12.5. The molecule has 0 heterocycles. The SMILES string of the molecule is COc1ccc(S(=O)(=O)NC(N)=NCCC[C@H](N)C(=O)O)cc1C(C)(C)C. The molecule has 27 heavy (non-hydrogen) atoms. The number of aliphatic carboxylic acids is 1. The summed E-state index contributed by atoms with van der Waals surface area (Å²) in [6, 6.07) is 3.58. The molecule has 152 valence electrons. The Labute approximate surface area is 159 Å². The van der Waals surface area contributed by atoms with Crippen LogP contribution in [-0.4, -0.2) is 45.1 Å². The molecule has 0 aliphatic carbocycles. The molecule has 1 rings (SSSR count). The first-order valence-electron chi connectivity index (χ1n) is 8.38. The number of carboxylic acids is 1. The Morgan fingerprint density at radius 2 is 2.00 bits per heavy atom. The third-order valence-corrected chi connectivity index (χ3v) is 5.15. The number of rotatable bonds is 8. The summed E-state index contributed by atoms with van der Waals surface area (Å²) in [6.07, 6.45) is 0.582. The van der Waals surface area contributed by atoms with E-state index in [-0.39, 0.29) is 29.2 Å². The van der Waals surface area contributed by atoms with E-state index in [2.05, 4.69) is 9.71 Å². The van der Waals surface area contributed by atoms with Crippen molar-refractivity contribution in [3.8, 4) is 5.75 Å². The van der Waals surface area contributed by atoms with Gasteiger partial charge < -0.3 is 21.3 Å². The van der Waals surface area contributed by atoms with Crippen LogP contribution in [0.3, 0.4) is 0 Å². The number of aliphatic imine (C=N–C) groups is 1. The lowest BCUT2D eigenvalue weighted by molar-refractivity contribution is -0.138. The number of hydrogen-bond donors (Lipinski definition) is 4. The minimum atomic E-state index is -3.91. The third kappa shape index (κ3) is 6.72. The van der Waals surface area contributed by atoms with Gasteiger partial charge in [-0.2, -0.15) is 0 Å². The van der Waals surface area contributed by atoms with E-state index in [4.69, 9.17) is 21.3 Å². The highest BCUT2D eigenvalue weighted by Gasteiger charge is 2.23. The summed E-state index contributed by atoms with van der Waals surface area (Å²) in [7, 11) is -2.39. The number of guanidine groups is 1. The van der Waals surface area contributed by atoms with E-state index in [1.54, 1.807) is 12.1 Å². The Hall–Kier alpha value is -2.33. The van der Waals surface area contributed by atoms with E-state index in [9.17, 15) is 13.2 Å². The van der Waals surface area contributed by atoms with Crippen molar-refractivity contribution in [2.75, 3.05) is 13.7 Å². The van der Waals surface area contributed by atoms with Crippen molar-refractivity contribution in [3.05, 3.63) is 23.8 Å². The molecule has 0 amide bonds. The van der Waals surface area contributed by atoms with Gasteiger partial charge in [0.2, 0.25) is 5.96 Å². The summed E-state index contributed by atoms with van der Waals surface area (Å²) in [5.41, 5.74) is 11.4. The van der Waals surface area contributed by atoms with Crippen molar-refractivity contribution in [1.29, 1.82) is 0 Å². The number of ether oxygens (including phenoxy) is 1. The van der Waals surface area contributed by atoms with Crippen LogP contribution in [0.15, 0.2) is 28.1 Å². The molecule has 10 heteroatoms. The zero-order valence-corrected chi connectivity index (χ0v) is 16.8. The van der Waals surface area contributed by atoms with Gasteiger partial charge in [0, 0.05) is 12.1 Å². The number of nitrogens with one attached hydrogen (secondary N) is 1. The molecule has 0 bridgehead atoms. The number of sulfonamides is 1. The Kier molecular flexibility index (Phi) is 7.61. The highest BCUT2D eigenvalue weighted by atomic mass is 32.2. The van der Waals surface area contributed by atoms with Crippen LogP contribution in [0.1, 0.15) is 39.2 Å². The maximum absolute atomic E-state index is 12.5. The molecule has 1 aromatic rings. The molecule has 0 spiro atoms. The zero-order valence-electron chi connectivity index (χ0n) is 16.0. The van der Waals surface area contributed by atoms with Crippen molar-refractivity contribution in [2.24, 2.45) is 16.5 Å². The molecule has 0 radical (unpaired) electrons. The summed E-state index contributed by atoms with van der Waals surface area (Å²) in [5.74, 6) is -0.772. The Morgan fingerprint density at radius 1 is 1.37 bits per heavy atom. The second kappa shape index (κ2) is 9.05. The molecule has 0 aliphatic heterocycles. The largest absolute Gasteiger partial charge is 0.496 e. The quantitative estimate of drug-likeness (QED) is 0.285. The third-order valence-electron chi connectivity index (χ3n) is 3.80. The van der Waals surface area contributed by atoms with E-state index in [0.717, 1.165) is 5.56 Å². The highest BCUT2D eigenvalue weighted by Crippen LogP contribution is 2.33. The average Bonchev–Trinajstić information content (AvgIpc) is 2.56. The van der Waals surface area contributed by atoms with Crippen molar-refractivity contribution in [1.82, 2.24) is 4.72 Å². The summed E-state index contributed by atoms with van der Waals surface area (Å²) in [4.78, 5) is 14.6. The van der Waals surface area contributed by atoms with Gasteiger partial charge in [-0.15, -0.1) is 0 Å². The zero-order chi connectivity index (χ0) is 20.8. The van der Waals surface area contributed by atoms with E-state index in [1.807, 2.05) is 20.8 Å². The van der Waals surface area contributed by atoms with E-state index < -0.39 is 22.0 Å². The first-order chi connectivity index (χ1) is 12.4. The van der Waals surface area contributed by atoms with Gasteiger partial charge in [-0.25, -0.2) is 13.1 Å². The van der Waals surface area contributed by atoms with Crippen LogP contribution in [-0.2, 0) is 20.2 Å². The van der Waals surface area contributed by atoms with E-state index in [1.165, 1.54) is 13.2 Å². The average molecular weight is 401 g/mol. The minimum Gasteiger partial charge on any atom is -0.496 e. The monoisotopic (exact) mass is 400 g/mol. The Bertz CT molecular complexity index is 800. The van der Waals surface area contributed by atoms with Gasteiger partial charge in [0.25, 0.3) is 10.0 Å². The van der Waals surface area contributed by atoms with Crippen LogP contribution in [0.4, 0.5) is 0 Å². The van der Waals surface area contributed by atoms with Gasteiger partial charge in [-0.3, -0.25) is 9.79 Å². The molecule has 1 atom stereocenters. The molecule has 0 saturated heterocycles. The molecular weight excluding hydrogens is 372 g/mol. The van der Waals surface area contributed by atoms with Crippen LogP contribution in [0.2, 0.25) is 0 Å². The maximum Gasteiger partial charge on any atom is 0.320 e. The molecule has 0 aliphatic rings. The molecule has 0 aromatic heterocycles. The number of carboxylic acid groups (broad SMARTS) is 1. The molecule has 0 fully saturated rings. The van der Waals surface area contributed by atoms with Crippen molar-refractivity contribution in [2.45, 2.75) is 50.0 Å². The van der Waals surface area contributed by atoms with Crippen molar-refractivity contribution >= 4 is 22.0 Å². The summed E-state index contributed by atoms with van der Waals surface area (Å²) in [6.45, 7) is 6.01. The lowest BCUT2D eigenvalue weighted by atomic mass is 9.86. The number of nitrogens with zero attached hydrogens (tertiary/aromatic N) is 1. The Balaban J connectivity index is 2.88. The molecule has 0 saturated carbocycles. The summed E-state index contributed by atoms with van der Waals surface area (Å²) < 4.78 is 32.6. The molecule has 9 nitrogen and oxygen atoms in total. The van der Waals surface area contributed by atoms with Crippen molar-refractivity contribution < 1.29 is 23.1 Å². The normalized spacial score (nSPS) is 13.9. The highest BCUT2D eigenvalue weighted by molar-refractivity contribution is 7.90. The van der Waals surface area contributed by atoms with Crippen LogP contribution < -0.4 is 20.9 Å². The molecule has 6 N–H and O–H groups in total. The standard InChI is InChI=1S/C17H28N4O5S/c1-17(2,3)12-10-11(7-8-14(12)26-4)27(24,25)21-16(19)20-9-5-6-13(18)15(22)23/h7-8,10,13H,5-6,9,18H2,1-4H3,(H,22,23)(H3,19,20,21)/t13-/m0/s1. The van der Waals surface area contributed by atoms with Gasteiger partial charge in [0.1, 0.15) is 11.8 Å². The lowest BCUT2D eigenvalue weighted by Gasteiger charge is -2.23. The van der Waals surface area contributed by atoms with Gasteiger partial charge in [0.15, 0.2) is 0 Å². The fourth-order valence-electron chi connectivity index (χ4n) is 2.30. The van der Waals surface area contributed by atoms with Gasteiger partial charge in [-0.1, -0.05) is 20.8 Å². The van der Waals surface area contributed by atoms with Gasteiger partial charge in [-0.05, 0) is 36.5 Å². The van der Waals surface area contributed by atoms with Crippen LogP contribution in [0.25, 0.3) is 0 Å².